The van der Waals surface area contributed by atoms with Gasteiger partial charge in [0.2, 0.25) is 0 Å². The van der Waals surface area contributed by atoms with Gasteiger partial charge in [-0.3, -0.25) is 15.5 Å². The van der Waals surface area contributed by atoms with Crippen LogP contribution in [0.1, 0.15) is 31.2 Å². The number of hydrazone groups is 1. The third-order valence-electron chi connectivity index (χ3n) is 3.20. The molecule has 2 rings (SSSR count). The van der Waals surface area contributed by atoms with Gasteiger partial charge in [-0.2, -0.15) is 5.10 Å². The van der Waals surface area contributed by atoms with Gasteiger partial charge in [-0.1, -0.05) is 13.8 Å². The molecule has 8 heteroatoms. The van der Waals surface area contributed by atoms with Crippen molar-refractivity contribution >= 4 is 23.5 Å². The largest absolute Gasteiger partial charge is 0.363 e. The number of nitrogens with zero attached hydrogens (tertiary/aromatic N) is 5. The Morgan fingerprint density at radius 1 is 1.25 bits per heavy atom. The molecule has 0 spiro atoms. The van der Waals surface area contributed by atoms with E-state index < -0.39 is 4.92 Å². The Morgan fingerprint density at radius 3 is 2.46 bits per heavy atom. The molecule has 1 N–H and O–H groups in total. The molecule has 0 saturated carbocycles. The Hall–Kier alpha value is -3.03. The maximum absolute atomic E-state index is 10.6. The first-order valence-corrected chi connectivity index (χ1v) is 7.46. The zero-order chi connectivity index (χ0) is 17.7. The van der Waals surface area contributed by atoms with Gasteiger partial charge in [0.25, 0.3) is 5.69 Å². The zero-order valence-corrected chi connectivity index (χ0v) is 14.1. The summed E-state index contributed by atoms with van der Waals surface area (Å²) in [6.07, 6.45) is 1.58. The highest BCUT2D eigenvalue weighted by Crippen LogP contribution is 2.18. The van der Waals surface area contributed by atoms with Crippen molar-refractivity contribution in [2.45, 2.75) is 19.8 Å². The second-order valence-corrected chi connectivity index (χ2v) is 5.74. The third kappa shape index (κ3) is 4.48. The average molecular weight is 328 g/mol. The van der Waals surface area contributed by atoms with Crippen LogP contribution in [-0.4, -0.2) is 35.2 Å². The van der Waals surface area contributed by atoms with E-state index in [2.05, 4.69) is 20.5 Å². The third-order valence-corrected chi connectivity index (χ3v) is 3.20. The fraction of sp³-hybridized carbons (Fsp3) is 0.312. The summed E-state index contributed by atoms with van der Waals surface area (Å²) in [4.78, 5) is 21.0. The lowest BCUT2D eigenvalue weighted by Gasteiger charge is -2.15. The van der Waals surface area contributed by atoms with Crippen LogP contribution in [0.4, 0.5) is 17.3 Å². The van der Waals surface area contributed by atoms with Crippen LogP contribution in [0.2, 0.25) is 0 Å². The van der Waals surface area contributed by atoms with Gasteiger partial charge in [0, 0.05) is 38.2 Å². The average Bonchev–Trinajstić information content (AvgIpc) is 2.55. The van der Waals surface area contributed by atoms with Gasteiger partial charge in [-0.25, -0.2) is 9.97 Å². The van der Waals surface area contributed by atoms with Crippen molar-refractivity contribution in [3.05, 3.63) is 51.8 Å². The number of benzene rings is 1. The molecule has 24 heavy (non-hydrogen) atoms. The molecule has 0 bridgehead atoms. The molecule has 0 atom stereocenters. The van der Waals surface area contributed by atoms with Gasteiger partial charge in [0.1, 0.15) is 11.6 Å². The second kappa shape index (κ2) is 7.49. The summed E-state index contributed by atoms with van der Waals surface area (Å²) in [6, 6.07) is 7.95. The predicted molar refractivity (Wildman–Crippen MR) is 94.8 cm³/mol. The summed E-state index contributed by atoms with van der Waals surface area (Å²) in [5.74, 6) is 2.32. The summed E-state index contributed by atoms with van der Waals surface area (Å²) in [7, 11) is 3.83. The highest BCUT2D eigenvalue weighted by molar-refractivity contribution is 5.80. The molecule has 0 radical (unpaired) electrons. The molecule has 0 unspecified atom stereocenters. The maximum atomic E-state index is 10.6. The lowest BCUT2D eigenvalue weighted by Crippen LogP contribution is -2.13. The van der Waals surface area contributed by atoms with Crippen LogP contribution in [0.15, 0.2) is 35.4 Å². The van der Waals surface area contributed by atoms with Crippen molar-refractivity contribution in [2.24, 2.45) is 5.10 Å². The zero-order valence-electron chi connectivity index (χ0n) is 14.1. The molecule has 1 heterocycles. The first kappa shape index (κ1) is 17.3. The highest BCUT2D eigenvalue weighted by Gasteiger charge is 2.09. The van der Waals surface area contributed by atoms with Gasteiger partial charge in [0.15, 0.2) is 5.82 Å². The van der Waals surface area contributed by atoms with E-state index in [4.69, 9.17) is 0 Å². The Labute approximate surface area is 140 Å². The summed E-state index contributed by atoms with van der Waals surface area (Å²) in [6.45, 7) is 4.05. The van der Waals surface area contributed by atoms with Crippen LogP contribution < -0.4 is 10.3 Å². The quantitative estimate of drug-likeness (QED) is 0.497. The smallest absolute Gasteiger partial charge is 0.269 e. The molecular formula is C16H20N6O2. The molecule has 1 aromatic heterocycles. The minimum absolute atomic E-state index is 0.0492. The molecule has 0 amide bonds. The first-order valence-electron chi connectivity index (χ1n) is 7.46. The van der Waals surface area contributed by atoms with E-state index in [1.165, 1.54) is 12.1 Å². The van der Waals surface area contributed by atoms with Gasteiger partial charge < -0.3 is 4.90 Å². The number of anilines is 2. The number of hydrogen-bond donors (Lipinski definition) is 1. The number of nitro benzene ring substituents is 1. The van der Waals surface area contributed by atoms with Crippen molar-refractivity contribution in [3.63, 3.8) is 0 Å². The number of aromatic nitrogens is 2. The Bertz CT molecular complexity index is 714. The van der Waals surface area contributed by atoms with Crippen LogP contribution in [-0.2, 0) is 0 Å². The minimum atomic E-state index is -0.434. The fourth-order valence-corrected chi connectivity index (χ4v) is 1.85. The molecule has 8 nitrogen and oxygen atoms in total. The minimum Gasteiger partial charge on any atom is -0.363 e. The van der Waals surface area contributed by atoms with Crippen LogP contribution in [0.3, 0.4) is 0 Å². The molecule has 0 saturated heterocycles. The number of nitrogens with one attached hydrogen (secondary N) is 1. The van der Waals surface area contributed by atoms with Gasteiger partial charge in [0.05, 0.1) is 11.1 Å². The Morgan fingerprint density at radius 2 is 1.92 bits per heavy atom. The van der Waals surface area contributed by atoms with E-state index in [9.17, 15) is 10.1 Å². The van der Waals surface area contributed by atoms with Crippen molar-refractivity contribution < 1.29 is 4.92 Å². The monoisotopic (exact) mass is 328 g/mol. The van der Waals surface area contributed by atoms with Crippen molar-refractivity contribution in [1.29, 1.82) is 0 Å². The van der Waals surface area contributed by atoms with Gasteiger partial charge in [-0.05, 0) is 17.7 Å². The van der Waals surface area contributed by atoms with Crippen LogP contribution in [0.25, 0.3) is 0 Å². The maximum Gasteiger partial charge on any atom is 0.269 e. The standard InChI is InChI=1S/C16H20N6O2/c1-11(2)16-18-14(9-15(19-16)21(3)4)20-17-10-12-5-7-13(8-6-12)22(23)24/h5-11H,1-4H3,(H,18,19,20). The Balaban J connectivity index is 2.14. The summed E-state index contributed by atoms with van der Waals surface area (Å²) < 4.78 is 0. The van der Waals surface area contributed by atoms with Crippen LogP contribution in [0, 0.1) is 10.1 Å². The Kier molecular flexibility index (Phi) is 5.41. The molecule has 2 aromatic rings. The van der Waals surface area contributed by atoms with E-state index in [1.54, 1.807) is 24.4 Å². The second-order valence-electron chi connectivity index (χ2n) is 5.74. The lowest BCUT2D eigenvalue weighted by atomic mass is 10.2. The van der Waals surface area contributed by atoms with E-state index in [-0.39, 0.29) is 11.6 Å². The van der Waals surface area contributed by atoms with Gasteiger partial charge in [-0.15, -0.1) is 0 Å². The topological polar surface area (TPSA) is 96.5 Å². The molecule has 1 aromatic carbocycles. The summed E-state index contributed by atoms with van der Waals surface area (Å²) in [5, 5.41) is 14.8. The predicted octanol–water partition coefficient (Wildman–Crippen LogP) is 3.02. The highest BCUT2D eigenvalue weighted by atomic mass is 16.6. The fourth-order valence-electron chi connectivity index (χ4n) is 1.85. The number of hydrogen-bond acceptors (Lipinski definition) is 7. The molecule has 0 aliphatic carbocycles. The van der Waals surface area contributed by atoms with E-state index >= 15 is 0 Å². The molecule has 0 aliphatic rings. The first-order chi connectivity index (χ1) is 11.4. The number of nitro groups is 1. The SMILES string of the molecule is CC(C)c1nc(NN=Cc2ccc([N+](=O)[O-])cc2)cc(N(C)C)n1. The lowest BCUT2D eigenvalue weighted by molar-refractivity contribution is -0.384. The summed E-state index contributed by atoms with van der Waals surface area (Å²) in [5.41, 5.74) is 3.68. The van der Waals surface area contributed by atoms with Crippen molar-refractivity contribution in [3.8, 4) is 0 Å². The van der Waals surface area contributed by atoms with E-state index in [0.717, 1.165) is 17.2 Å². The number of rotatable bonds is 6. The molecule has 126 valence electrons. The molecular weight excluding hydrogens is 308 g/mol. The van der Waals surface area contributed by atoms with E-state index in [0.29, 0.717) is 5.82 Å². The van der Waals surface area contributed by atoms with Crippen molar-refractivity contribution in [2.75, 3.05) is 24.4 Å². The van der Waals surface area contributed by atoms with E-state index in [1.807, 2.05) is 32.8 Å². The van der Waals surface area contributed by atoms with Gasteiger partial charge >= 0.3 is 0 Å². The van der Waals surface area contributed by atoms with Crippen LogP contribution >= 0.6 is 0 Å². The van der Waals surface area contributed by atoms with Crippen molar-refractivity contribution in [1.82, 2.24) is 9.97 Å². The molecule has 0 fully saturated rings. The van der Waals surface area contributed by atoms with Crippen LogP contribution in [0.5, 0.6) is 0 Å². The normalized spacial score (nSPS) is 11.0. The summed E-state index contributed by atoms with van der Waals surface area (Å²) >= 11 is 0. The number of non-ortho nitro benzene ring substituents is 1. The molecule has 0 aliphatic heterocycles.